The lowest BCUT2D eigenvalue weighted by Crippen LogP contribution is -2.17. The lowest BCUT2D eigenvalue weighted by atomic mass is 9.97. The van der Waals surface area contributed by atoms with E-state index in [1.807, 2.05) is 18.2 Å². The van der Waals surface area contributed by atoms with Crippen molar-refractivity contribution in [1.29, 1.82) is 0 Å². The first-order valence-corrected chi connectivity index (χ1v) is 15.3. The molecule has 6 nitrogen and oxygen atoms in total. The number of aryl methyl sites for hydroxylation is 3. The van der Waals surface area contributed by atoms with Crippen molar-refractivity contribution in [3.63, 3.8) is 0 Å². The molecule has 0 radical (unpaired) electrons. The van der Waals surface area contributed by atoms with E-state index in [-0.39, 0.29) is 16.7 Å². The number of fused-ring (bicyclic) bond motifs is 6. The van der Waals surface area contributed by atoms with Gasteiger partial charge in [0, 0.05) is 32.8 Å². The molecule has 0 spiro atoms. The Balaban J connectivity index is 1.90. The summed E-state index contributed by atoms with van der Waals surface area (Å²) in [6.45, 7) is 6.53. The van der Waals surface area contributed by atoms with Crippen molar-refractivity contribution < 1.29 is 0 Å². The predicted octanol–water partition coefficient (Wildman–Crippen LogP) is 7.58. The van der Waals surface area contributed by atoms with E-state index < -0.39 is 0 Å². The minimum absolute atomic E-state index is 0.0924. The van der Waals surface area contributed by atoms with E-state index in [2.05, 4.69) is 35.7 Å². The van der Waals surface area contributed by atoms with Crippen LogP contribution in [0, 0.1) is 0 Å². The molecular weight excluding hydrogens is 486 g/mol. The van der Waals surface area contributed by atoms with Gasteiger partial charge in [0.15, 0.2) is 0 Å². The highest BCUT2D eigenvalue weighted by molar-refractivity contribution is 6.21. The fraction of sp³-hybridized carbons (Fsp3) is 0.545. The first kappa shape index (κ1) is 28.8. The molecule has 3 N–H and O–H groups in total. The molecule has 6 heteroatoms. The summed E-state index contributed by atoms with van der Waals surface area (Å²) in [5.74, 6) is 0. The molecule has 0 aliphatic rings. The number of H-pyrrole nitrogens is 3. The first-order chi connectivity index (χ1) is 19.0. The lowest BCUT2D eigenvalue weighted by Gasteiger charge is -2.13. The zero-order chi connectivity index (χ0) is 27.8. The molecule has 0 aliphatic carbocycles. The highest BCUT2D eigenvalue weighted by Crippen LogP contribution is 2.32. The zero-order valence-electron chi connectivity index (χ0n) is 24.1. The van der Waals surface area contributed by atoms with Gasteiger partial charge in [0.05, 0.1) is 16.6 Å². The molecular formula is C33H45N3O3. The molecule has 0 bridgehead atoms. The molecule has 0 saturated carbocycles. The highest BCUT2D eigenvalue weighted by Gasteiger charge is 2.17. The van der Waals surface area contributed by atoms with Crippen molar-refractivity contribution in [3.8, 4) is 0 Å². The van der Waals surface area contributed by atoms with Crippen LogP contribution in [0.1, 0.15) is 115 Å². The molecule has 4 rings (SSSR count). The van der Waals surface area contributed by atoms with Crippen LogP contribution in [0.4, 0.5) is 0 Å². The van der Waals surface area contributed by atoms with Crippen molar-refractivity contribution in [2.75, 3.05) is 0 Å². The fourth-order valence-corrected chi connectivity index (χ4v) is 5.73. The second kappa shape index (κ2) is 13.8. The van der Waals surface area contributed by atoms with Gasteiger partial charge in [-0.25, -0.2) is 0 Å². The third-order valence-corrected chi connectivity index (χ3v) is 8.06. The monoisotopic (exact) mass is 531 g/mol. The average molecular weight is 532 g/mol. The maximum atomic E-state index is 13.2. The first-order valence-electron chi connectivity index (χ1n) is 15.3. The van der Waals surface area contributed by atoms with Crippen molar-refractivity contribution in [3.05, 3.63) is 66.0 Å². The number of hydrogen-bond acceptors (Lipinski definition) is 3. The third kappa shape index (κ3) is 6.71. The number of benzene rings is 1. The van der Waals surface area contributed by atoms with Gasteiger partial charge in [-0.2, -0.15) is 0 Å². The highest BCUT2D eigenvalue weighted by atomic mass is 16.1. The van der Waals surface area contributed by atoms with Crippen molar-refractivity contribution in [1.82, 2.24) is 15.0 Å². The van der Waals surface area contributed by atoms with Crippen LogP contribution >= 0.6 is 0 Å². The Morgan fingerprint density at radius 2 is 0.718 bits per heavy atom. The number of rotatable bonds is 15. The quantitative estimate of drug-likeness (QED) is 0.109. The summed E-state index contributed by atoms with van der Waals surface area (Å²) in [6, 6.07) is 5.89. The Labute approximate surface area is 230 Å². The fourth-order valence-electron chi connectivity index (χ4n) is 5.73. The van der Waals surface area contributed by atoms with Crippen LogP contribution < -0.4 is 16.7 Å². The van der Waals surface area contributed by atoms with Gasteiger partial charge < -0.3 is 15.0 Å². The lowest BCUT2D eigenvalue weighted by molar-refractivity contribution is 0.664. The topological polar surface area (TPSA) is 98.6 Å². The average Bonchev–Trinajstić information content (AvgIpc) is 2.93. The minimum atomic E-state index is -0.0924. The summed E-state index contributed by atoms with van der Waals surface area (Å²) in [6.07, 6.45) is 15.2. The van der Waals surface area contributed by atoms with E-state index in [4.69, 9.17) is 0 Å². The number of hydrogen-bond donors (Lipinski definition) is 3. The van der Waals surface area contributed by atoms with Gasteiger partial charge in [-0.05, 0) is 56.7 Å². The number of pyridine rings is 3. The van der Waals surface area contributed by atoms with Crippen LogP contribution in [0.15, 0.2) is 32.6 Å². The molecule has 0 fully saturated rings. The van der Waals surface area contributed by atoms with E-state index in [9.17, 15) is 14.4 Å². The van der Waals surface area contributed by atoms with Gasteiger partial charge in [0.25, 0.3) is 16.7 Å². The van der Waals surface area contributed by atoms with Gasteiger partial charge in [-0.3, -0.25) is 14.4 Å². The van der Waals surface area contributed by atoms with E-state index in [1.165, 1.54) is 0 Å². The van der Waals surface area contributed by atoms with E-state index in [1.54, 1.807) is 0 Å². The van der Waals surface area contributed by atoms with Crippen LogP contribution in [0.3, 0.4) is 0 Å². The zero-order valence-corrected chi connectivity index (χ0v) is 24.1. The maximum absolute atomic E-state index is 13.2. The molecule has 0 saturated heterocycles. The standard InChI is InChI=1S/C33H45N3O3/c1-4-7-10-13-16-22-19-25-28(34-31(22)37)26-20-23(17-14-11-8-5-2)33(39)36-30(26)27-21-24(18-15-12-9-6-3)32(38)35-29(25)27/h19-21H,4-18H2,1-3H3,(H,34,37)(H,35,38)(H,36,39). The molecule has 0 unspecified atom stereocenters. The van der Waals surface area contributed by atoms with Crippen LogP contribution in [-0.2, 0) is 19.3 Å². The number of aromatic nitrogens is 3. The Morgan fingerprint density at radius 1 is 0.436 bits per heavy atom. The molecule has 39 heavy (non-hydrogen) atoms. The summed E-state index contributed by atoms with van der Waals surface area (Å²) >= 11 is 0. The molecule has 1 aromatic carbocycles. The van der Waals surface area contributed by atoms with Crippen LogP contribution in [0.5, 0.6) is 0 Å². The molecule has 3 heterocycles. The van der Waals surface area contributed by atoms with Crippen LogP contribution in [-0.4, -0.2) is 15.0 Å². The van der Waals surface area contributed by atoms with Gasteiger partial charge in [0.1, 0.15) is 0 Å². The van der Waals surface area contributed by atoms with Crippen molar-refractivity contribution in [2.45, 2.75) is 117 Å². The predicted molar refractivity (Wildman–Crippen MR) is 164 cm³/mol. The normalized spacial score (nSPS) is 11.8. The van der Waals surface area contributed by atoms with Crippen molar-refractivity contribution >= 4 is 32.7 Å². The number of nitrogens with one attached hydrogen (secondary N) is 3. The minimum Gasteiger partial charge on any atom is -0.321 e. The van der Waals surface area contributed by atoms with Gasteiger partial charge in [-0.1, -0.05) is 78.6 Å². The largest absolute Gasteiger partial charge is 0.321 e. The van der Waals surface area contributed by atoms with Crippen LogP contribution in [0.2, 0.25) is 0 Å². The molecule has 4 aromatic rings. The van der Waals surface area contributed by atoms with Gasteiger partial charge in [0.2, 0.25) is 0 Å². The van der Waals surface area contributed by atoms with E-state index >= 15 is 0 Å². The van der Waals surface area contributed by atoms with E-state index in [0.717, 1.165) is 110 Å². The molecule has 3 aromatic heterocycles. The number of unbranched alkanes of at least 4 members (excludes halogenated alkanes) is 9. The second-order valence-electron chi connectivity index (χ2n) is 11.2. The second-order valence-corrected chi connectivity index (χ2v) is 11.2. The molecule has 0 amide bonds. The van der Waals surface area contributed by atoms with Crippen molar-refractivity contribution in [2.24, 2.45) is 0 Å². The summed E-state index contributed by atoms with van der Waals surface area (Å²) in [4.78, 5) is 48.9. The Hall–Kier alpha value is -3.15. The summed E-state index contributed by atoms with van der Waals surface area (Å²) in [7, 11) is 0. The molecule has 210 valence electrons. The Bertz CT molecular complexity index is 1370. The summed E-state index contributed by atoms with van der Waals surface area (Å²) < 4.78 is 0. The van der Waals surface area contributed by atoms with E-state index in [0.29, 0.717) is 35.8 Å². The molecule has 0 aliphatic heterocycles. The third-order valence-electron chi connectivity index (χ3n) is 8.06. The SMILES string of the molecule is CCCCCCc1cc2c([nH]c1=O)c1cc(CCCCCC)c(=O)[nH]c1c1cc(CCCCCC)c(=O)[nH]c21. The Kier molecular flexibility index (Phi) is 10.2. The maximum Gasteiger partial charge on any atom is 0.251 e. The van der Waals surface area contributed by atoms with Gasteiger partial charge in [-0.15, -0.1) is 0 Å². The smallest absolute Gasteiger partial charge is 0.251 e. The number of aromatic amines is 3. The Morgan fingerprint density at radius 3 is 0.974 bits per heavy atom. The summed E-state index contributed by atoms with van der Waals surface area (Å²) in [5, 5.41) is 2.50. The molecule has 0 atom stereocenters. The van der Waals surface area contributed by atoms with Gasteiger partial charge >= 0.3 is 0 Å². The summed E-state index contributed by atoms with van der Waals surface area (Å²) in [5.41, 5.74) is 3.99. The van der Waals surface area contributed by atoms with Crippen LogP contribution in [0.25, 0.3) is 32.7 Å².